The molecule has 0 atom stereocenters. The Balaban J connectivity index is 2.19. The standard InChI is InChI=1S/C13H17N3O/c1-10-12(8-14)7-13(17)16(15-10)9-11-5-3-2-4-6-11/h7,11H,2-6,9H2,1H3. The minimum Gasteiger partial charge on any atom is -0.268 e. The van der Waals surface area contributed by atoms with Crippen LogP contribution in [0, 0.1) is 24.2 Å². The summed E-state index contributed by atoms with van der Waals surface area (Å²) in [6, 6.07) is 3.39. The van der Waals surface area contributed by atoms with Crippen LogP contribution < -0.4 is 5.56 Å². The van der Waals surface area contributed by atoms with Crippen LogP contribution in [0.25, 0.3) is 0 Å². The molecular weight excluding hydrogens is 214 g/mol. The Kier molecular flexibility index (Phi) is 3.58. The van der Waals surface area contributed by atoms with Gasteiger partial charge < -0.3 is 0 Å². The Morgan fingerprint density at radius 1 is 1.47 bits per heavy atom. The van der Waals surface area contributed by atoms with E-state index in [1.54, 1.807) is 6.92 Å². The number of hydrogen-bond donors (Lipinski definition) is 0. The molecule has 4 heteroatoms. The van der Waals surface area contributed by atoms with Gasteiger partial charge >= 0.3 is 0 Å². The van der Waals surface area contributed by atoms with Crippen molar-refractivity contribution in [1.82, 2.24) is 9.78 Å². The summed E-state index contributed by atoms with van der Waals surface area (Å²) in [5.74, 6) is 0.571. The molecule has 17 heavy (non-hydrogen) atoms. The first-order chi connectivity index (χ1) is 8.20. The van der Waals surface area contributed by atoms with Crippen molar-refractivity contribution in [3.05, 3.63) is 27.7 Å². The quantitative estimate of drug-likeness (QED) is 0.782. The van der Waals surface area contributed by atoms with E-state index in [2.05, 4.69) is 5.10 Å². The zero-order chi connectivity index (χ0) is 12.3. The van der Waals surface area contributed by atoms with Gasteiger partial charge in [-0.1, -0.05) is 19.3 Å². The third kappa shape index (κ3) is 2.73. The third-order valence-electron chi connectivity index (χ3n) is 3.46. The van der Waals surface area contributed by atoms with Gasteiger partial charge in [-0.05, 0) is 25.7 Å². The summed E-state index contributed by atoms with van der Waals surface area (Å²) in [4.78, 5) is 11.8. The van der Waals surface area contributed by atoms with E-state index in [1.807, 2.05) is 6.07 Å². The molecule has 1 aliphatic carbocycles. The normalized spacial score (nSPS) is 16.7. The molecule has 90 valence electrons. The second kappa shape index (κ2) is 5.13. The maximum atomic E-state index is 11.8. The Morgan fingerprint density at radius 2 is 2.18 bits per heavy atom. The molecular formula is C13H17N3O. The number of rotatable bonds is 2. The van der Waals surface area contributed by atoms with Gasteiger partial charge in [0.1, 0.15) is 6.07 Å². The van der Waals surface area contributed by atoms with E-state index >= 15 is 0 Å². The molecule has 1 saturated carbocycles. The summed E-state index contributed by atoms with van der Waals surface area (Å²) < 4.78 is 1.52. The van der Waals surface area contributed by atoms with Crippen molar-refractivity contribution in [3.8, 4) is 6.07 Å². The summed E-state index contributed by atoms with van der Waals surface area (Å²) in [5.41, 5.74) is 0.871. The topological polar surface area (TPSA) is 58.7 Å². The van der Waals surface area contributed by atoms with Gasteiger partial charge in [0, 0.05) is 12.6 Å². The lowest BCUT2D eigenvalue weighted by molar-refractivity contribution is 0.302. The first-order valence-corrected chi connectivity index (χ1v) is 6.19. The molecule has 0 N–H and O–H groups in total. The lowest BCUT2D eigenvalue weighted by Gasteiger charge is -2.21. The predicted molar refractivity (Wildman–Crippen MR) is 64.5 cm³/mol. The van der Waals surface area contributed by atoms with E-state index in [-0.39, 0.29) is 5.56 Å². The highest BCUT2D eigenvalue weighted by Crippen LogP contribution is 2.24. The van der Waals surface area contributed by atoms with Crippen molar-refractivity contribution < 1.29 is 0 Å². The average Bonchev–Trinajstić information content (AvgIpc) is 2.34. The monoisotopic (exact) mass is 231 g/mol. The van der Waals surface area contributed by atoms with E-state index in [9.17, 15) is 4.79 Å². The molecule has 4 nitrogen and oxygen atoms in total. The second-order valence-corrected chi connectivity index (χ2v) is 4.78. The van der Waals surface area contributed by atoms with E-state index in [4.69, 9.17) is 5.26 Å². The maximum absolute atomic E-state index is 11.8. The van der Waals surface area contributed by atoms with Gasteiger partial charge in [0.25, 0.3) is 5.56 Å². The molecule has 0 bridgehead atoms. The van der Waals surface area contributed by atoms with Crippen molar-refractivity contribution in [3.63, 3.8) is 0 Å². The summed E-state index contributed by atoms with van der Waals surface area (Å²) in [6.45, 7) is 2.47. The fourth-order valence-corrected chi connectivity index (χ4v) is 2.44. The zero-order valence-corrected chi connectivity index (χ0v) is 10.1. The highest BCUT2D eigenvalue weighted by molar-refractivity contribution is 5.30. The van der Waals surface area contributed by atoms with Crippen LogP contribution in [0.1, 0.15) is 43.4 Å². The molecule has 0 saturated heterocycles. The van der Waals surface area contributed by atoms with Gasteiger partial charge in [0.05, 0.1) is 11.3 Å². The summed E-state index contributed by atoms with van der Waals surface area (Å²) in [7, 11) is 0. The van der Waals surface area contributed by atoms with Crippen molar-refractivity contribution in [2.45, 2.75) is 45.6 Å². The van der Waals surface area contributed by atoms with Crippen molar-refractivity contribution in [1.29, 1.82) is 5.26 Å². The van der Waals surface area contributed by atoms with E-state index in [1.165, 1.54) is 42.9 Å². The van der Waals surface area contributed by atoms with Crippen LogP contribution in [0.4, 0.5) is 0 Å². The largest absolute Gasteiger partial charge is 0.268 e. The Morgan fingerprint density at radius 3 is 2.82 bits per heavy atom. The first-order valence-electron chi connectivity index (χ1n) is 6.19. The molecule has 0 spiro atoms. The lowest BCUT2D eigenvalue weighted by atomic mass is 9.89. The molecule has 1 aliphatic rings. The van der Waals surface area contributed by atoms with Crippen molar-refractivity contribution in [2.24, 2.45) is 5.92 Å². The van der Waals surface area contributed by atoms with Crippen LogP contribution >= 0.6 is 0 Å². The van der Waals surface area contributed by atoms with Crippen LogP contribution in [0.15, 0.2) is 10.9 Å². The summed E-state index contributed by atoms with van der Waals surface area (Å²) in [5, 5.41) is 13.0. The molecule has 2 rings (SSSR count). The molecule has 0 aromatic carbocycles. The molecule has 1 fully saturated rings. The van der Waals surface area contributed by atoms with Crippen LogP contribution in [0.2, 0.25) is 0 Å². The molecule has 1 aromatic heterocycles. The van der Waals surface area contributed by atoms with E-state index in [0.29, 0.717) is 23.7 Å². The first kappa shape index (κ1) is 11.8. The van der Waals surface area contributed by atoms with Crippen molar-refractivity contribution in [2.75, 3.05) is 0 Å². The number of nitriles is 1. The van der Waals surface area contributed by atoms with Gasteiger partial charge in [-0.2, -0.15) is 10.4 Å². The van der Waals surface area contributed by atoms with Crippen molar-refractivity contribution >= 4 is 0 Å². The summed E-state index contributed by atoms with van der Waals surface area (Å²) in [6.07, 6.45) is 6.20. The Hall–Kier alpha value is -1.63. The predicted octanol–water partition coefficient (Wildman–Crippen LogP) is 2.00. The van der Waals surface area contributed by atoms with E-state index in [0.717, 1.165) is 0 Å². The minimum atomic E-state index is -0.155. The number of aryl methyl sites for hydroxylation is 1. The number of aromatic nitrogens is 2. The molecule has 0 radical (unpaired) electrons. The van der Waals surface area contributed by atoms with Gasteiger partial charge in [0.2, 0.25) is 0 Å². The zero-order valence-electron chi connectivity index (χ0n) is 10.1. The molecule has 0 unspecified atom stereocenters. The van der Waals surface area contributed by atoms with Gasteiger partial charge in [-0.15, -0.1) is 0 Å². The minimum absolute atomic E-state index is 0.155. The van der Waals surface area contributed by atoms with E-state index < -0.39 is 0 Å². The number of hydrogen-bond acceptors (Lipinski definition) is 3. The maximum Gasteiger partial charge on any atom is 0.268 e. The SMILES string of the molecule is Cc1nn(CC2CCCCC2)c(=O)cc1C#N. The Labute approximate surface area is 101 Å². The van der Waals surface area contributed by atoms with Crippen LogP contribution in [0.3, 0.4) is 0 Å². The average molecular weight is 231 g/mol. The lowest BCUT2D eigenvalue weighted by Crippen LogP contribution is -2.28. The van der Waals surface area contributed by atoms with Gasteiger partial charge in [0.15, 0.2) is 0 Å². The highest BCUT2D eigenvalue weighted by Gasteiger charge is 2.15. The molecule has 0 amide bonds. The molecule has 1 aromatic rings. The summed E-state index contributed by atoms with van der Waals surface area (Å²) >= 11 is 0. The number of nitrogens with zero attached hydrogens (tertiary/aromatic N) is 3. The molecule has 1 heterocycles. The van der Waals surface area contributed by atoms with Crippen LogP contribution in [-0.2, 0) is 6.54 Å². The second-order valence-electron chi connectivity index (χ2n) is 4.78. The molecule has 0 aliphatic heterocycles. The highest BCUT2D eigenvalue weighted by atomic mass is 16.1. The smallest absolute Gasteiger partial charge is 0.268 e. The third-order valence-corrected chi connectivity index (χ3v) is 3.46. The Bertz CT molecular complexity index is 492. The van der Waals surface area contributed by atoms with Crippen LogP contribution in [-0.4, -0.2) is 9.78 Å². The van der Waals surface area contributed by atoms with Gasteiger partial charge in [-0.25, -0.2) is 4.68 Å². The van der Waals surface area contributed by atoms with Crippen LogP contribution in [0.5, 0.6) is 0 Å². The van der Waals surface area contributed by atoms with Gasteiger partial charge in [-0.3, -0.25) is 4.79 Å². The fourth-order valence-electron chi connectivity index (χ4n) is 2.44. The fraction of sp³-hybridized carbons (Fsp3) is 0.615.